The van der Waals surface area contributed by atoms with Crippen LogP contribution in [0.25, 0.3) is 11.2 Å². The number of rotatable bonds is 4. The van der Waals surface area contributed by atoms with Gasteiger partial charge in [0.2, 0.25) is 5.91 Å². The minimum Gasteiger partial charge on any atom is -0.349 e. The van der Waals surface area contributed by atoms with Crippen LogP contribution < -0.4 is 5.32 Å². The molecule has 0 bridgehead atoms. The van der Waals surface area contributed by atoms with Crippen LogP contribution in [0.3, 0.4) is 0 Å². The third-order valence-corrected chi connectivity index (χ3v) is 3.75. The van der Waals surface area contributed by atoms with Gasteiger partial charge >= 0.3 is 0 Å². The van der Waals surface area contributed by atoms with Crippen molar-refractivity contribution in [3.05, 3.63) is 56.9 Å². The second-order valence-corrected chi connectivity index (χ2v) is 6.18. The Morgan fingerprint density at radius 3 is 2.57 bits per heavy atom. The zero-order chi connectivity index (χ0) is 16.4. The maximum Gasteiger partial charge on any atom is 0.224 e. The zero-order valence-electron chi connectivity index (χ0n) is 11.7. The summed E-state index contributed by atoms with van der Waals surface area (Å²) in [4.78, 5) is 23.4. The number of fused-ring (bicyclic) bond motifs is 1. The van der Waals surface area contributed by atoms with Crippen LogP contribution in [-0.4, -0.2) is 20.9 Å². The number of aromatic nitrogens is 3. The molecule has 0 saturated carbocycles. The van der Waals surface area contributed by atoms with Gasteiger partial charge in [0, 0.05) is 10.0 Å². The number of carbonyl (C=O) groups is 1. The summed E-state index contributed by atoms with van der Waals surface area (Å²) in [5.41, 5.74) is 2.03. The van der Waals surface area contributed by atoms with Crippen LogP contribution in [0.4, 0.5) is 0 Å². The number of imidazole rings is 1. The molecule has 2 heterocycles. The highest BCUT2D eigenvalue weighted by Crippen LogP contribution is 2.19. The molecule has 0 radical (unpaired) electrons. The van der Waals surface area contributed by atoms with Crippen LogP contribution >= 0.6 is 34.8 Å². The van der Waals surface area contributed by atoms with Crippen molar-refractivity contribution in [3.8, 4) is 0 Å². The van der Waals surface area contributed by atoms with Gasteiger partial charge in [-0.3, -0.25) is 4.79 Å². The first-order valence-corrected chi connectivity index (χ1v) is 7.86. The van der Waals surface area contributed by atoms with Gasteiger partial charge < -0.3 is 10.3 Å². The minimum atomic E-state index is -0.158. The largest absolute Gasteiger partial charge is 0.349 e. The standard InChI is InChI=1S/C15H11Cl3N4O/c16-9-3-8(4-10(17)6-9)5-14(23)19-7-13-20-11-1-2-12(18)21-15(11)22-13/h1-4,6H,5,7H2,(H,19,23)(H,20,21,22). The first-order chi connectivity index (χ1) is 11.0. The summed E-state index contributed by atoms with van der Waals surface area (Å²) in [6.45, 7) is 0.265. The Hall–Kier alpha value is -1.82. The van der Waals surface area contributed by atoms with Crippen molar-refractivity contribution in [2.24, 2.45) is 0 Å². The van der Waals surface area contributed by atoms with Crippen molar-refractivity contribution in [3.63, 3.8) is 0 Å². The summed E-state index contributed by atoms with van der Waals surface area (Å²) in [7, 11) is 0. The summed E-state index contributed by atoms with van der Waals surface area (Å²) in [5.74, 6) is 0.446. The van der Waals surface area contributed by atoms with Gasteiger partial charge in [0.1, 0.15) is 11.0 Å². The number of H-pyrrole nitrogens is 1. The molecule has 0 unspecified atom stereocenters. The van der Waals surface area contributed by atoms with E-state index in [2.05, 4.69) is 20.3 Å². The second-order valence-electron chi connectivity index (χ2n) is 4.92. The van der Waals surface area contributed by atoms with Crippen molar-refractivity contribution in [1.82, 2.24) is 20.3 Å². The molecule has 0 saturated heterocycles. The molecule has 0 spiro atoms. The Kier molecular flexibility index (Phi) is 4.71. The van der Waals surface area contributed by atoms with Crippen LogP contribution in [0.1, 0.15) is 11.4 Å². The van der Waals surface area contributed by atoms with Crippen molar-refractivity contribution in [1.29, 1.82) is 0 Å². The minimum absolute atomic E-state index is 0.158. The fourth-order valence-corrected chi connectivity index (χ4v) is 2.86. The fraction of sp³-hybridized carbons (Fsp3) is 0.133. The predicted octanol–water partition coefficient (Wildman–Crippen LogP) is 3.78. The third-order valence-electron chi connectivity index (χ3n) is 3.10. The molecule has 1 aromatic carbocycles. The number of carbonyl (C=O) groups excluding carboxylic acids is 1. The van der Waals surface area contributed by atoms with Crippen molar-refractivity contribution < 1.29 is 4.79 Å². The summed E-state index contributed by atoms with van der Waals surface area (Å²) in [6.07, 6.45) is 0.185. The second kappa shape index (κ2) is 6.74. The van der Waals surface area contributed by atoms with E-state index >= 15 is 0 Å². The van der Waals surface area contributed by atoms with Crippen LogP contribution in [0.15, 0.2) is 30.3 Å². The van der Waals surface area contributed by atoms with E-state index in [1.807, 2.05) is 0 Å². The lowest BCUT2D eigenvalue weighted by Crippen LogP contribution is -2.25. The molecular weight excluding hydrogens is 359 g/mol. The first kappa shape index (κ1) is 16.1. The van der Waals surface area contributed by atoms with Gasteiger partial charge in [-0.1, -0.05) is 34.8 Å². The van der Waals surface area contributed by atoms with Crippen LogP contribution in [0.2, 0.25) is 15.2 Å². The highest BCUT2D eigenvalue weighted by atomic mass is 35.5. The smallest absolute Gasteiger partial charge is 0.224 e. The molecular formula is C15H11Cl3N4O. The monoisotopic (exact) mass is 368 g/mol. The normalized spacial score (nSPS) is 10.9. The number of hydrogen-bond acceptors (Lipinski definition) is 3. The molecule has 2 N–H and O–H groups in total. The molecule has 0 fully saturated rings. The van der Waals surface area contributed by atoms with Crippen LogP contribution in [0, 0.1) is 0 Å². The number of hydrogen-bond donors (Lipinski definition) is 2. The van der Waals surface area contributed by atoms with E-state index in [-0.39, 0.29) is 18.9 Å². The van der Waals surface area contributed by atoms with Gasteiger partial charge in [0.25, 0.3) is 0 Å². The molecule has 0 atom stereocenters. The van der Waals surface area contributed by atoms with Crippen molar-refractivity contribution in [2.45, 2.75) is 13.0 Å². The number of nitrogens with one attached hydrogen (secondary N) is 2. The van der Waals surface area contributed by atoms with Crippen LogP contribution in [-0.2, 0) is 17.8 Å². The predicted molar refractivity (Wildman–Crippen MR) is 90.9 cm³/mol. The lowest BCUT2D eigenvalue weighted by molar-refractivity contribution is -0.120. The summed E-state index contributed by atoms with van der Waals surface area (Å²) < 4.78 is 0. The molecule has 0 aliphatic rings. The average Bonchev–Trinajstić information content (AvgIpc) is 2.86. The van der Waals surface area contributed by atoms with Gasteiger partial charge in [-0.05, 0) is 35.9 Å². The van der Waals surface area contributed by atoms with E-state index in [4.69, 9.17) is 34.8 Å². The van der Waals surface area contributed by atoms with Crippen molar-refractivity contribution in [2.75, 3.05) is 0 Å². The molecule has 0 aliphatic carbocycles. The number of amides is 1. The van der Waals surface area contributed by atoms with Gasteiger partial charge in [-0.15, -0.1) is 0 Å². The number of benzene rings is 1. The maximum absolute atomic E-state index is 12.0. The molecule has 0 aliphatic heterocycles. The Morgan fingerprint density at radius 2 is 1.83 bits per heavy atom. The number of aromatic amines is 1. The molecule has 2 aromatic heterocycles. The summed E-state index contributed by atoms with van der Waals surface area (Å²) in [5, 5.41) is 4.16. The van der Waals surface area contributed by atoms with E-state index in [9.17, 15) is 4.79 Å². The highest BCUT2D eigenvalue weighted by Gasteiger charge is 2.08. The number of nitrogens with zero attached hydrogens (tertiary/aromatic N) is 2. The SMILES string of the molecule is O=C(Cc1cc(Cl)cc(Cl)c1)NCc1nc2nc(Cl)ccc2[nH]1. The molecule has 3 aromatic rings. The lowest BCUT2D eigenvalue weighted by Gasteiger charge is -2.04. The van der Waals surface area contributed by atoms with E-state index in [0.717, 1.165) is 11.1 Å². The molecule has 3 rings (SSSR count). The molecule has 8 heteroatoms. The van der Waals surface area contributed by atoms with E-state index in [0.29, 0.717) is 26.7 Å². The van der Waals surface area contributed by atoms with Gasteiger partial charge in [-0.25, -0.2) is 9.97 Å². The summed E-state index contributed by atoms with van der Waals surface area (Å²) >= 11 is 17.6. The van der Waals surface area contributed by atoms with Crippen LogP contribution in [0.5, 0.6) is 0 Å². The molecule has 5 nitrogen and oxygen atoms in total. The Balaban J connectivity index is 1.63. The third kappa shape index (κ3) is 4.13. The zero-order valence-corrected chi connectivity index (χ0v) is 14.0. The van der Waals surface area contributed by atoms with E-state index in [1.54, 1.807) is 30.3 Å². The number of halogens is 3. The van der Waals surface area contributed by atoms with Gasteiger partial charge in [0.05, 0.1) is 18.5 Å². The number of pyridine rings is 1. The average molecular weight is 370 g/mol. The Morgan fingerprint density at radius 1 is 1.09 bits per heavy atom. The summed E-state index contributed by atoms with van der Waals surface area (Å²) in [6, 6.07) is 8.50. The fourth-order valence-electron chi connectivity index (χ4n) is 2.15. The Bertz CT molecular complexity index is 858. The quantitative estimate of drug-likeness (QED) is 0.688. The van der Waals surface area contributed by atoms with Gasteiger partial charge in [-0.2, -0.15) is 0 Å². The van der Waals surface area contributed by atoms with E-state index in [1.165, 1.54) is 0 Å². The maximum atomic E-state index is 12.0. The topological polar surface area (TPSA) is 70.7 Å². The first-order valence-electron chi connectivity index (χ1n) is 6.72. The van der Waals surface area contributed by atoms with E-state index < -0.39 is 0 Å². The molecule has 1 amide bonds. The van der Waals surface area contributed by atoms with Gasteiger partial charge in [0.15, 0.2) is 5.65 Å². The molecule has 118 valence electrons. The highest BCUT2D eigenvalue weighted by molar-refractivity contribution is 6.34. The van der Waals surface area contributed by atoms with Crippen molar-refractivity contribution >= 4 is 51.9 Å². The Labute approximate surface area is 147 Å². The molecule has 23 heavy (non-hydrogen) atoms. The lowest BCUT2D eigenvalue weighted by atomic mass is 10.1.